The number of anilines is 1. The van der Waals surface area contributed by atoms with Crippen LogP contribution in [0.15, 0.2) is 12.1 Å². The molecule has 0 saturated carbocycles. The van der Waals surface area contributed by atoms with Gasteiger partial charge in [-0.1, -0.05) is 0 Å². The molecule has 0 spiro atoms. The molecule has 0 aromatic carbocycles. The van der Waals surface area contributed by atoms with Crippen molar-refractivity contribution in [2.45, 2.75) is 25.3 Å². The van der Waals surface area contributed by atoms with Crippen LogP contribution in [0, 0.1) is 6.92 Å². The number of hydrogen-bond donors (Lipinski definition) is 3. The average Bonchev–Trinajstić information content (AvgIpc) is 2.38. The zero-order valence-corrected chi connectivity index (χ0v) is 11.2. The number of nitrogens with zero attached hydrogens (tertiary/aromatic N) is 1. The maximum Gasteiger partial charge on any atom is 0.329 e. The highest BCUT2D eigenvalue weighted by Gasteiger charge is 2.40. The quantitative estimate of drug-likeness (QED) is 0.740. The first-order chi connectivity index (χ1) is 9.43. The van der Waals surface area contributed by atoms with Crippen LogP contribution in [-0.2, 0) is 9.53 Å². The number of amides is 1. The standard InChI is InChI=1S/C13H17N3O4/c1-8-6-9(11(14)17)7-10(15-8)16-13(12(18)19)2-4-20-5-3-13/h6-7H,2-5H2,1H3,(H2,14,17)(H,15,16)(H,18,19). The second-order valence-electron chi connectivity index (χ2n) is 4.87. The predicted molar refractivity (Wildman–Crippen MR) is 71.5 cm³/mol. The molecule has 0 atom stereocenters. The summed E-state index contributed by atoms with van der Waals surface area (Å²) in [6, 6.07) is 3.03. The molecule has 2 heterocycles. The Kier molecular flexibility index (Phi) is 3.89. The van der Waals surface area contributed by atoms with Crippen LogP contribution >= 0.6 is 0 Å². The third-order valence-corrected chi connectivity index (χ3v) is 3.36. The van der Waals surface area contributed by atoms with E-state index >= 15 is 0 Å². The van der Waals surface area contributed by atoms with Gasteiger partial charge in [-0.3, -0.25) is 4.79 Å². The van der Waals surface area contributed by atoms with Gasteiger partial charge in [-0.25, -0.2) is 9.78 Å². The Morgan fingerprint density at radius 1 is 1.40 bits per heavy atom. The molecular formula is C13H17N3O4. The minimum Gasteiger partial charge on any atom is -0.480 e. The number of rotatable bonds is 4. The van der Waals surface area contributed by atoms with Crippen LogP contribution in [-0.4, -0.2) is 40.7 Å². The molecule has 1 aromatic heterocycles. The topological polar surface area (TPSA) is 115 Å². The SMILES string of the molecule is Cc1cc(C(N)=O)cc(NC2(C(=O)O)CCOCC2)n1. The first-order valence-corrected chi connectivity index (χ1v) is 6.31. The number of carbonyl (C=O) groups excluding carboxylic acids is 1. The van der Waals surface area contributed by atoms with Gasteiger partial charge in [0.2, 0.25) is 5.91 Å². The lowest BCUT2D eigenvalue weighted by atomic mass is 9.90. The van der Waals surface area contributed by atoms with E-state index in [9.17, 15) is 14.7 Å². The number of carboxylic acid groups (broad SMARTS) is 1. The fraction of sp³-hybridized carbons (Fsp3) is 0.462. The number of ether oxygens (including phenoxy) is 1. The summed E-state index contributed by atoms with van der Waals surface area (Å²) in [6.07, 6.45) is 0.674. The van der Waals surface area contributed by atoms with Gasteiger partial charge in [0.15, 0.2) is 0 Å². The third kappa shape index (κ3) is 2.88. The molecule has 108 valence electrons. The molecule has 0 unspecified atom stereocenters. The number of nitrogens with one attached hydrogen (secondary N) is 1. The van der Waals surface area contributed by atoms with Crippen molar-refractivity contribution in [3.05, 3.63) is 23.4 Å². The van der Waals surface area contributed by atoms with Crippen LogP contribution < -0.4 is 11.1 Å². The van der Waals surface area contributed by atoms with Crippen molar-refractivity contribution < 1.29 is 19.4 Å². The highest BCUT2D eigenvalue weighted by molar-refractivity contribution is 5.94. The molecule has 1 saturated heterocycles. The van der Waals surface area contributed by atoms with Crippen LogP contribution in [0.3, 0.4) is 0 Å². The summed E-state index contributed by atoms with van der Waals surface area (Å²) in [6.45, 7) is 2.45. The normalized spacial score (nSPS) is 17.4. The number of carboxylic acids is 1. The summed E-state index contributed by atoms with van der Waals surface area (Å²) in [7, 11) is 0. The molecule has 7 heteroatoms. The first kappa shape index (κ1) is 14.3. The fourth-order valence-electron chi connectivity index (χ4n) is 2.23. The molecule has 7 nitrogen and oxygen atoms in total. The molecule has 1 fully saturated rings. The van der Waals surface area contributed by atoms with Crippen molar-refractivity contribution >= 4 is 17.7 Å². The number of aliphatic carboxylic acids is 1. The predicted octanol–water partition coefficient (Wildman–Crippen LogP) is 0.535. The van der Waals surface area contributed by atoms with E-state index in [4.69, 9.17) is 10.5 Å². The molecule has 0 radical (unpaired) electrons. The van der Waals surface area contributed by atoms with Gasteiger partial charge < -0.3 is 20.9 Å². The Bertz CT molecular complexity index is 538. The highest BCUT2D eigenvalue weighted by atomic mass is 16.5. The monoisotopic (exact) mass is 279 g/mol. The number of primary amides is 1. The van der Waals surface area contributed by atoms with E-state index in [1.54, 1.807) is 13.0 Å². The maximum atomic E-state index is 11.5. The minimum absolute atomic E-state index is 0.299. The molecule has 1 aliphatic rings. The molecule has 2 rings (SSSR count). The van der Waals surface area contributed by atoms with Crippen LogP contribution in [0.5, 0.6) is 0 Å². The van der Waals surface area contributed by atoms with Crippen molar-refractivity contribution in [3.63, 3.8) is 0 Å². The maximum absolute atomic E-state index is 11.5. The van der Waals surface area contributed by atoms with Crippen molar-refractivity contribution in [3.8, 4) is 0 Å². The van der Waals surface area contributed by atoms with Gasteiger partial charge in [0.05, 0.1) is 0 Å². The summed E-state index contributed by atoms with van der Waals surface area (Å²) in [5, 5.41) is 12.4. The second kappa shape index (κ2) is 5.46. The second-order valence-corrected chi connectivity index (χ2v) is 4.87. The van der Waals surface area contributed by atoms with E-state index in [0.29, 0.717) is 43.1 Å². The summed E-state index contributed by atoms with van der Waals surface area (Å²) in [5.41, 5.74) is 5.02. The molecular weight excluding hydrogens is 262 g/mol. The lowest BCUT2D eigenvalue weighted by molar-refractivity contribution is -0.145. The van der Waals surface area contributed by atoms with Crippen LogP contribution in [0.25, 0.3) is 0 Å². The van der Waals surface area contributed by atoms with Crippen molar-refractivity contribution in [2.24, 2.45) is 5.73 Å². The zero-order chi connectivity index (χ0) is 14.8. The number of nitrogens with two attached hydrogens (primary N) is 1. The van der Waals surface area contributed by atoms with E-state index in [2.05, 4.69) is 10.3 Å². The van der Waals surface area contributed by atoms with Gasteiger partial charge in [0, 0.05) is 37.3 Å². The van der Waals surface area contributed by atoms with E-state index in [0.717, 1.165) is 0 Å². The van der Waals surface area contributed by atoms with Gasteiger partial charge in [-0.2, -0.15) is 0 Å². The lowest BCUT2D eigenvalue weighted by Gasteiger charge is -2.34. The Balaban J connectivity index is 2.31. The van der Waals surface area contributed by atoms with Gasteiger partial charge in [0.1, 0.15) is 11.4 Å². The van der Waals surface area contributed by atoms with Gasteiger partial charge in [-0.15, -0.1) is 0 Å². The smallest absolute Gasteiger partial charge is 0.329 e. The summed E-state index contributed by atoms with van der Waals surface area (Å²) in [5.74, 6) is -1.19. The van der Waals surface area contributed by atoms with E-state index in [-0.39, 0.29) is 0 Å². The zero-order valence-electron chi connectivity index (χ0n) is 11.2. The first-order valence-electron chi connectivity index (χ1n) is 6.31. The number of pyridine rings is 1. The van der Waals surface area contributed by atoms with E-state index in [1.165, 1.54) is 6.07 Å². The lowest BCUT2D eigenvalue weighted by Crippen LogP contribution is -2.50. The summed E-state index contributed by atoms with van der Waals surface area (Å²) < 4.78 is 5.20. The summed E-state index contributed by atoms with van der Waals surface area (Å²) >= 11 is 0. The van der Waals surface area contributed by atoms with Gasteiger partial charge in [0.25, 0.3) is 0 Å². The van der Waals surface area contributed by atoms with E-state index < -0.39 is 17.4 Å². The van der Waals surface area contributed by atoms with E-state index in [1.807, 2.05) is 0 Å². The van der Waals surface area contributed by atoms with Crippen molar-refractivity contribution in [1.82, 2.24) is 4.98 Å². The fourth-order valence-corrected chi connectivity index (χ4v) is 2.23. The minimum atomic E-state index is -1.12. The largest absolute Gasteiger partial charge is 0.480 e. The Labute approximate surface area is 116 Å². The Hall–Kier alpha value is -2.15. The summed E-state index contributed by atoms with van der Waals surface area (Å²) in [4.78, 5) is 27.0. The average molecular weight is 279 g/mol. The van der Waals surface area contributed by atoms with Crippen LogP contribution in [0.1, 0.15) is 28.9 Å². The Morgan fingerprint density at radius 2 is 2.05 bits per heavy atom. The molecule has 4 N–H and O–H groups in total. The van der Waals surface area contributed by atoms with Crippen molar-refractivity contribution in [1.29, 1.82) is 0 Å². The van der Waals surface area contributed by atoms with Gasteiger partial charge >= 0.3 is 5.97 Å². The van der Waals surface area contributed by atoms with Gasteiger partial charge in [-0.05, 0) is 19.1 Å². The highest BCUT2D eigenvalue weighted by Crippen LogP contribution is 2.26. The third-order valence-electron chi connectivity index (χ3n) is 3.36. The number of aromatic nitrogens is 1. The number of hydrogen-bond acceptors (Lipinski definition) is 5. The number of aryl methyl sites for hydroxylation is 1. The molecule has 20 heavy (non-hydrogen) atoms. The molecule has 1 aromatic rings. The van der Waals surface area contributed by atoms with Crippen LogP contribution in [0.4, 0.5) is 5.82 Å². The van der Waals surface area contributed by atoms with Crippen LogP contribution in [0.2, 0.25) is 0 Å². The molecule has 0 bridgehead atoms. The van der Waals surface area contributed by atoms with Crippen molar-refractivity contribution in [2.75, 3.05) is 18.5 Å². The molecule has 1 aliphatic heterocycles. The molecule has 1 amide bonds. The Morgan fingerprint density at radius 3 is 2.60 bits per heavy atom. The number of carbonyl (C=O) groups is 2. The molecule has 0 aliphatic carbocycles.